The van der Waals surface area contributed by atoms with Gasteiger partial charge in [-0.1, -0.05) is 48.9 Å². The number of anilines is 1. The summed E-state index contributed by atoms with van der Waals surface area (Å²) in [6.45, 7) is 2.45. The minimum absolute atomic E-state index is 0.0471. The Kier molecular flexibility index (Phi) is 6.63. The summed E-state index contributed by atoms with van der Waals surface area (Å²) >= 11 is 1.02. The molecule has 168 valence electrons. The SMILES string of the molecule is CCCc1ccc(S(=O)(=O)N2CCCC2c2nnc(C(=O)Nc3ccccc3F)s2)cc1. The number of hydrogen-bond donors (Lipinski definition) is 1. The molecule has 0 spiro atoms. The zero-order valence-electron chi connectivity index (χ0n) is 17.5. The lowest BCUT2D eigenvalue weighted by molar-refractivity contribution is 0.102. The Morgan fingerprint density at radius 3 is 2.66 bits per heavy atom. The molecule has 0 radical (unpaired) electrons. The molecule has 1 atom stereocenters. The number of para-hydroxylation sites is 1. The van der Waals surface area contributed by atoms with E-state index in [0.29, 0.717) is 24.4 Å². The van der Waals surface area contributed by atoms with Gasteiger partial charge in [-0.3, -0.25) is 4.79 Å². The molecule has 1 aliphatic heterocycles. The van der Waals surface area contributed by atoms with Crippen molar-refractivity contribution in [3.8, 4) is 0 Å². The Morgan fingerprint density at radius 1 is 1.19 bits per heavy atom. The summed E-state index contributed by atoms with van der Waals surface area (Å²) in [5.74, 6) is -1.14. The Bertz CT molecular complexity index is 1210. The predicted octanol–water partition coefficient (Wildman–Crippen LogP) is 4.41. The van der Waals surface area contributed by atoms with Gasteiger partial charge in [0.05, 0.1) is 16.6 Å². The second-order valence-corrected chi connectivity index (χ2v) is 10.4. The molecule has 1 aromatic heterocycles. The van der Waals surface area contributed by atoms with Crippen LogP contribution in [0.3, 0.4) is 0 Å². The number of hydrogen-bond acceptors (Lipinski definition) is 6. The lowest BCUT2D eigenvalue weighted by Gasteiger charge is -2.22. The van der Waals surface area contributed by atoms with Crippen molar-refractivity contribution in [3.63, 3.8) is 0 Å². The van der Waals surface area contributed by atoms with Crippen LogP contribution < -0.4 is 5.32 Å². The smallest absolute Gasteiger partial charge is 0.286 e. The third-order valence-electron chi connectivity index (χ3n) is 5.31. The van der Waals surface area contributed by atoms with Gasteiger partial charge in [-0.05, 0) is 49.1 Å². The first-order valence-electron chi connectivity index (χ1n) is 10.4. The van der Waals surface area contributed by atoms with Gasteiger partial charge in [0.2, 0.25) is 15.0 Å². The van der Waals surface area contributed by atoms with E-state index < -0.39 is 27.8 Å². The van der Waals surface area contributed by atoms with Gasteiger partial charge in [0.25, 0.3) is 5.91 Å². The van der Waals surface area contributed by atoms with E-state index in [4.69, 9.17) is 0 Å². The quantitative estimate of drug-likeness (QED) is 0.548. The number of rotatable bonds is 7. The van der Waals surface area contributed by atoms with Gasteiger partial charge in [-0.25, -0.2) is 12.8 Å². The largest absolute Gasteiger partial charge is 0.317 e. The van der Waals surface area contributed by atoms with Crippen molar-refractivity contribution in [2.24, 2.45) is 0 Å². The maximum atomic E-state index is 13.8. The highest BCUT2D eigenvalue weighted by molar-refractivity contribution is 7.89. The van der Waals surface area contributed by atoms with Crippen LogP contribution >= 0.6 is 11.3 Å². The lowest BCUT2D eigenvalue weighted by Crippen LogP contribution is -2.30. The van der Waals surface area contributed by atoms with Crippen molar-refractivity contribution >= 4 is 33.0 Å². The molecule has 1 unspecified atom stereocenters. The van der Waals surface area contributed by atoms with E-state index in [9.17, 15) is 17.6 Å². The molecule has 0 bridgehead atoms. The molecule has 1 saturated heterocycles. The van der Waals surface area contributed by atoms with E-state index in [0.717, 1.165) is 29.7 Å². The van der Waals surface area contributed by atoms with Crippen molar-refractivity contribution in [1.29, 1.82) is 0 Å². The second kappa shape index (κ2) is 9.43. The molecule has 7 nitrogen and oxygen atoms in total. The van der Waals surface area contributed by atoms with Crippen LogP contribution in [0.2, 0.25) is 0 Å². The van der Waals surface area contributed by atoms with E-state index in [1.54, 1.807) is 18.2 Å². The number of benzene rings is 2. The van der Waals surface area contributed by atoms with Crippen LogP contribution in [0.25, 0.3) is 0 Å². The number of aryl methyl sites for hydroxylation is 1. The van der Waals surface area contributed by atoms with Crippen molar-refractivity contribution in [2.75, 3.05) is 11.9 Å². The molecule has 1 fully saturated rings. The normalized spacial score (nSPS) is 16.9. The number of sulfonamides is 1. The molecular weight excluding hydrogens is 451 g/mol. The molecule has 0 aliphatic carbocycles. The third-order valence-corrected chi connectivity index (χ3v) is 8.26. The average molecular weight is 475 g/mol. The van der Waals surface area contributed by atoms with Crippen molar-refractivity contribution in [3.05, 3.63) is 69.9 Å². The first-order chi connectivity index (χ1) is 15.4. The zero-order valence-corrected chi connectivity index (χ0v) is 19.1. The summed E-state index contributed by atoms with van der Waals surface area (Å²) in [5.41, 5.74) is 1.14. The molecule has 4 rings (SSSR count). The molecular formula is C22H23FN4O3S2. The fourth-order valence-corrected chi connectivity index (χ4v) is 6.34. The number of carbonyl (C=O) groups is 1. The van der Waals surface area contributed by atoms with Gasteiger partial charge in [-0.2, -0.15) is 4.31 Å². The van der Waals surface area contributed by atoms with E-state index >= 15 is 0 Å². The number of carbonyl (C=O) groups excluding carboxylic acids is 1. The Morgan fingerprint density at radius 2 is 1.94 bits per heavy atom. The number of nitrogens with one attached hydrogen (secondary N) is 1. The van der Waals surface area contributed by atoms with Gasteiger partial charge >= 0.3 is 0 Å². The Hall–Kier alpha value is -2.69. The van der Waals surface area contributed by atoms with E-state index in [1.165, 1.54) is 22.5 Å². The van der Waals surface area contributed by atoms with Gasteiger partial charge in [0, 0.05) is 6.54 Å². The van der Waals surface area contributed by atoms with Crippen LogP contribution in [-0.2, 0) is 16.4 Å². The van der Waals surface area contributed by atoms with Gasteiger partial charge < -0.3 is 5.32 Å². The highest BCUT2D eigenvalue weighted by atomic mass is 32.2. The average Bonchev–Trinajstić information content (AvgIpc) is 3.46. The summed E-state index contributed by atoms with van der Waals surface area (Å²) < 4.78 is 41.8. The van der Waals surface area contributed by atoms with Crippen LogP contribution in [0.1, 0.15) is 52.6 Å². The van der Waals surface area contributed by atoms with Crippen molar-refractivity contribution in [1.82, 2.24) is 14.5 Å². The molecule has 1 N–H and O–H groups in total. The Balaban J connectivity index is 1.53. The maximum absolute atomic E-state index is 13.8. The second-order valence-electron chi connectivity index (χ2n) is 7.55. The van der Waals surface area contributed by atoms with E-state index in [1.807, 2.05) is 12.1 Å². The van der Waals surface area contributed by atoms with E-state index in [-0.39, 0.29) is 15.6 Å². The first-order valence-corrected chi connectivity index (χ1v) is 12.7. The summed E-state index contributed by atoms with van der Waals surface area (Å²) in [5, 5.41) is 11.0. The van der Waals surface area contributed by atoms with Crippen molar-refractivity contribution in [2.45, 2.75) is 43.5 Å². The number of amides is 1. The van der Waals surface area contributed by atoms with Crippen LogP contribution in [0, 0.1) is 5.82 Å². The van der Waals surface area contributed by atoms with Crippen LogP contribution in [-0.4, -0.2) is 35.4 Å². The van der Waals surface area contributed by atoms with Gasteiger partial charge in [0.1, 0.15) is 10.8 Å². The Labute approximate surface area is 190 Å². The van der Waals surface area contributed by atoms with Gasteiger partial charge in [0.15, 0.2) is 0 Å². The fourth-order valence-electron chi connectivity index (χ4n) is 3.73. The van der Waals surface area contributed by atoms with Crippen molar-refractivity contribution < 1.29 is 17.6 Å². The standard InChI is InChI=1S/C22H23FN4O3S2/c1-2-6-15-10-12-16(13-11-15)32(29,30)27-14-5-9-19(27)21-25-26-22(31-21)20(28)24-18-8-4-3-7-17(18)23/h3-4,7-8,10-13,19H,2,5-6,9,14H2,1H3,(H,24,28). The number of aromatic nitrogens is 2. The van der Waals surface area contributed by atoms with Crippen LogP contribution in [0.5, 0.6) is 0 Å². The number of nitrogens with zero attached hydrogens (tertiary/aromatic N) is 3. The molecule has 0 saturated carbocycles. The highest BCUT2D eigenvalue weighted by Gasteiger charge is 2.38. The highest BCUT2D eigenvalue weighted by Crippen LogP contribution is 2.37. The summed E-state index contributed by atoms with van der Waals surface area (Å²) in [6, 6.07) is 12.3. The molecule has 3 aromatic rings. The maximum Gasteiger partial charge on any atom is 0.286 e. The molecule has 1 amide bonds. The summed E-state index contributed by atoms with van der Waals surface area (Å²) in [4.78, 5) is 12.7. The number of halogens is 1. The minimum atomic E-state index is -3.71. The monoisotopic (exact) mass is 474 g/mol. The van der Waals surface area contributed by atoms with Crippen LogP contribution in [0.4, 0.5) is 10.1 Å². The molecule has 1 aliphatic rings. The molecule has 2 heterocycles. The van der Waals surface area contributed by atoms with Gasteiger partial charge in [-0.15, -0.1) is 10.2 Å². The zero-order chi connectivity index (χ0) is 22.7. The first kappa shape index (κ1) is 22.5. The van der Waals surface area contributed by atoms with E-state index in [2.05, 4.69) is 22.4 Å². The summed E-state index contributed by atoms with van der Waals surface area (Å²) in [7, 11) is -3.71. The van der Waals surface area contributed by atoms with Crippen LogP contribution in [0.15, 0.2) is 53.4 Å². The molecule has 2 aromatic carbocycles. The third kappa shape index (κ3) is 4.57. The summed E-state index contributed by atoms with van der Waals surface area (Å²) in [6.07, 6.45) is 3.17. The lowest BCUT2D eigenvalue weighted by atomic mass is 10.1. The topological polar surface area (TPSA) is 92.3 Å². The minimum Gasteiger partial charge on any atom is -0.317 e. The predicted molar refractivity (Wildman–Crippen MR) is 121 cm³/mol. The molecule has 32 heavy (non-hydrogen) atoms. The fraction of sp³-hybridized carbons (Fsp3) is 0.318. The molecule has 10 heteroatoms.